The average Bonchev–Trinajstić information content (AvgIpc) is 2.63. The molecule has 0 radical (unpaired) electrons. The average molecular weight is 435 g/mol. The van der Waals surface area contributed by atoms with E-state index < -0.39 is 5.97 Å². The number of carbonyl (C=O) groups excluding carboxylic acids is 1. The molecule has 144 valence electrons. The van der Waals surface area contributed by atoms with Crippen LogP contribution in [0.15, 0.2) is 41.0 Å². The molecule has 2 rings (SSSR count). The Morgan fingerprint density at radius 1 is 1.19 bits per heavy atom. The number of anilines is 2. The van der Waals surface area contributed by atoms with E-state index in [2.05, 4.69) is 26.2 Å². The standard InChI is InChI=1S/C19H23BrN4O3/c1-4-24(10-9-23(2)3)17-16(19(26)27)11-15(12-21-17)22-18(25)13-5-7-14(20)8-6-13/h5-8,11-12H,4,9-10H2,1-3H3,(H,22,25)(H,26,27). The molecule has 7 nitrogen and oxygen atoms in total. The zero-order valence-corrected chi connectivity index (χ0v) is 17.2. The molecule has 0 fully saturated rings. The highest BCUT2D eigenvalue weighted by Crippen LogP contribution is 2.22. The van der Waals surface area contributed by atoms with Crippen molar-refractivity contribution < 1.29 is 14.7 Å². The summed E-state index contributed by atoms with van der Waals surface area (Å²) in [7, 11) is 3.92. The van der Waals surface area contributed by atoms with Gasteiger partial charge in [0.25, 0.3) is 5.91 Å². The van der Waals surface area contributed by atoms with Crippen LogP contribution in [0.4, 0.5) is 11.5 Å². The molecule has 0 aliphatic rings. The maximum atomic E-state index is 12.3. The van der Waals surface area contributed by atoms with Gasteiger partial charge in [0.05, 0.1) is 11.9 Å². The van der Waals surface area contributed by atoms with E-state index in [9.17, 15) is 14.7 Å². The molecule has 2 aromatic rings. The molecule has 1 aromatic heterocycles. The zero-order valence-electron chi connectivity index (χ0n) is 15.6. The number of hydrogen-bond acceptors (Lipinski definition) is 5. The molecular formula is C19H23BrN4O3. The Hall–Kier alpha value is -2.45. The minimum atomic E-state index is -1.08. The number of likely N-dealkylation sites (N-methyl/N-ethyl adjacent to an activating group) is 2. The van der Waals surface area contributed by atoms with Gasteiger partial charge in [-0.25, -0.2) is 9.78 Å². The second-order valence-corrected chi connectivity index (χ2v) is 7.16. The van der Waals surface area contributed by atoms with Crippen LogP contribution in [-0.4, -0.2) is 60.6 Å². The first-order chi connectivity index (χ1) is 12.8. The first-order valence-electron chi connectivity index (χ1n) is 8.51. The van der Waals surface area contributed by atoms with E-state index in [4.69, 9.17) is 0 Å². The van der Waals surface area contributed by atoms with Gasteiger partial charge in [0.1, 0.15) is 11.4 Å². The molecule has 0 aliphatic carbocycles. The molecular weight excluding hydrogens is 412 g/mol. The third-order valence-electron chi connectivity index (χ3n) is 3.96. The van der Waals surface area contributed by atoms with Crippen LogP contribution in [0.2, 0.25) is 0 Å². The summed E-state index contributed by atoms with van der Waals surface area (Å²) in [5, 5.41) is 12.3. The molecule has 0 unspecified atom stereocenters. The zero-order chi connectivity index (χ0) is 20.0. The lowest BCUT2D eigenvalue weighted by Crippen LogP contribution is -2.33. The summed E-state index contributed by atoms with van der Waals surface area (Å²) >= 11 is 3.32. The van der Waals surface area contributed by atoms with Crippen molar-refractivity contribution in [3.63, 3.8) is 0 Å². The van der Waals surface area contributed by atoms with Gasteiger partial charge < -0.3 is 20.2 Å². The fraction of sp³-hybridized carbons (Fsp3) is 0.316. The Morgan fingerprint density at radius 3 is 2.41 bits per heavy atom. The number of aromatic carboxylic acids is 1. The van der Waals surface area contributed by atoms with Crippen molar-refractivity contribution in [1.29, 1.82) is 0 Å². The lowest BCUT2D eigenvalue weighted by molar-refractivity contribution is 0.0696. The lowest BCUT2D eigenvalue weighted by Gasteiger charge is -2.25. The third kappa shape index (κ3) is 5.77. The predicted octanol–water partition coefficient (Wildman–Crippen LogP) is 3.18. The van der Waals surface area contributed by atoms with Crippen LogP contribution in [-0.2, 0) is 0 Å². The SMILES string of the molecule is CCN(CCN(C)C)c1ncc(NC(=O)c2ccc(Br)cc2)cc1C(=O)O. The van der Waals surface area contributed by atoms with Crippen LogP contribution < -0.4 is 10.2 Å². The molecule has 0 aliphatic heterocycles. The molecule has 0 atom stereocenters. The fourth-order valence-corrected chi connectivity index (χ4v) is 2.74. The van der Waals surface area contributed by atoms with Crippen molar-refractivity contribution in [2.24, 2.45) is 0 Å². The van der Waals surface area contributed by atoms with Crippen LogP contribution >= 0.6 is 15.9 Å². The molecule has 2 N–H and O–H groups in total. The number of pyridine rings is 1. The van der Waals surface area contributed by atoms with Gasteiger partial charge in [-0.05, 0) is 51.4 Å². The topological polar surface area (TPSA) is 85.8 Å². The summed E-state index contributed by atoms with van der Waals surface area (Å²) < 4.78 is 0.871. The minimum absolute atomic E-state index is 0.0595. The maximum absolute atomic E-state index is 12.3. The highest BCUT2D eigenvalue weighted by Gasteiger charge is 2.18. The number of carboxylic acids is 1. The van der Waals surface area contributed by atoms with E-state index in [1.807, 2.05) is 30.8 Å². The molecule has 27 heavy (non-hydrogen) atoms. The molecule has 0 saturated carbocycles. The van der Waals surface area contributed by atoms with Gasteiger partial charge in [-0.2, -0.15) is 0 Å². The molecule has 1 amide bonds. The monoisotopic (exact) mass is 434 g/mol. The summed E-state index contributed by atoms with van der Waals surface area (Å²) in [6.45, 7) is 4.01. The minimum Gasteiger partial charge on any atom is -0.478 e. The Bertz CT molecular complexity index is 809. The van der Waals surface area contributed by atoms with Gasteiger partial charge in [0.2, 0.25) is 0 Å². The summed E-state index contributed by atoms with van der Waals surface area (Å²) in [6.07, 6.45) is 1.48. The van der Waals surface area contributed by atoms with Gasteiger partial charge >= 0.3 is 5.97 Å². The molecule has 1 heterocycles. The molecule has 0 spiro atoms. The number of carboxylic acid groups (broad SMARTS) is 1. The number of halogens is 1. The van der Waals surface area contributed by atoms with Gasteiger partial charge in [-0.15, -0.1) is 0 Å². The Balaban J connectivity index is 2.24. The van der Waals surface area contributed by atoms with Gasteiger partial charge in [-0.3, -0.25) is 4.79 Å². The van der Waals surface area contributed by atoms with E-state index in [0.29, 0.717) is 30.2 Å². The molecule has 8 heteroatoms. The van der Waals surface area contributed by atoms with Crippen LogP contribution in [0.3, 0.4) is 0 Å². The number of nitrogens with zero attached hydrogens (tertiary/aromatic N) is 3. The van der Waals surface area contributed by atoms with Crippen molar-refractivity contribution >= 4 is 39.3 Å². The highest BCUT2D eigenvalue weighted by molar-refractivity contribution is 9.10. The smallest absolute Gasteiger partial charge is 0.339 e. The second kappa shape index (κ2) is 9.48. The molecule has 0 saturated heterocycles. The number of aromatic nitrogens is 1. The Morgan fingerprint density at radius 2 is 1.85 bits per heavy atom. The summed E-state index contributed by atoms with van der Waals surface area (Å²) in [4.78, 5) is 32.3. The van der Waals surface area contributed by atoms with Crippen molar-refractivity contribution in [2.75, 3.05) is 43.9 Å². The van der Waals surface area contributed by atoms with Crippen molar-refractivity contribution in [3.8, 4) is 0 Å². The second-order valence-electron chi connectivity index (χ2n) is 6.24. The normalized spacial score (nSPS) is 10.7. The maximum Gasteiger partial charge on any atom is 0.339 e. The van der Waals surface area contributed by atoms with E-state index in [-0.39, 0.29) is 11.5 Å². The number of carbonyl (C=O) groups is 2. The predicted molar refractivity (Wildman–Crippen MR) is 110 cm³/mol. The van der Waals surface area contributed by atoms with E-state index >= 15 is 0 Å². The third-order valence-corrected chi connectivity index (χ3v) is 4.49. The first-order valence-corrected chi connectivity index (χ1v) is 9.31. The van der Waals surface area contributed by atoms with Gasteiger partial charge in [-0.1, -0.05) is 15.9 Å². The van der Waals surface area contributed by atoms with Crippen LogP contribution in [0.1, 0.15) is 27.6 Å². The molecule has 1 aromatic carbocycles. The number of hydrogen-bond donors (Lipinski definition) is 2. The van der Waals surface area contributed by atoms with Crippen molar-refractivity contribution in [3.05, 3.63) is 52.1 Å². The quantitative estimate of drug-likeness (QED) is 0.663. The summed E-state index contributed by atoms with van der Waals surface area (Å²) in [6, 6.07) is 8.34. The fourth-order valence-electron chi connectivity index (χ4n) is 2.47. The first kappa shape index (κ1) is 20.9. The van der Waals surface area contributed by atoms with Gasteiger partial charge in [0, 0.05) is 29.7 Å². The Kier molecular flexibility index (Phi) is 7.32. The van der Waals surface area contributed by atoms with E-state index in [1.54, 1.807) is 24.3 Å². The van der Waals surface area contributed by atoms with Crippen LogP contribution in [0.5, 0.6) is 0 Å². The summed E-state index contributed by atoms with van der Waals surface area (Å²) in [5.41, 5.74) is 0.872. The van der Waals surface area contributed by atoms with E-state index in [1.165, 1.54) is 12.3 Å². The number of benzene rings is 1. The van der Waals surface area contributed by atoms with Crippen LogP contribution in [0.25, 0.3) is 0 Å². The highest BCUT2D eigenvalue weighted by atomic mass is 79.9. The molecule has 0 bridgehead atoms. The van der Waals surface area contributed by atoms with Crippen LogP contribution in [0, 0.1) is 0 Å². The van der Waals surface area contributed by atoms with Crippen molar-refractivity contribution in [2.45, 2.75) is 6.92 Å². The van der Waals surface area contributed by atoms with Gasteiger partial charge in [0.15, 0.2) is 0 Å². The Labute approximate surface area is 167 Å². The van der Waals surface area contributed by atoms with E-state index in [0.717, 1.165) is 11.0 Å². The number of rotatable bonds is 8. The number of nitrogens with one attached hydrogen (secondary N) is 1. The largest absolute Gasteiger partial charge is 0.478 e. The lowest BCUT2D eigenvalue weighted by atomic mass is 10.2. The van der Waals surface area contributed by atoms with Crippen molar-refractivity contribution in [1.82, 2.24) is 9.88 Å². The number of amides is 1. The summed E-state index contributed by atoms with van der Waals surface area (Å²) in [5.74, 6) is -1.01.